The van der Waals surface area contributed by atoms with Gasteiger partial charge in [0.15, 0.2) is 0 Å². The van der Waals surface area contributed by atoms with Gasteiger partial charge in [-0.1, -0.05) is 13.8 Å². The number of amides is 1. The number of rotatable bonds is 8. The normalized spacial score (nSPS) is 10.7. The first-order chi connectivity index (χ1) is 9.60. The van der Waals surface area contributed by atoms with E-state index in [1.807, 2.05) is 17.9 Å². The van der Waals surface area contributed by atoms with Crippen LogP contribution >= 0.6 is 0 Å². The molecule has 0 aromatic carbocycles. The number of pyridine rings is 1. The minimum atomic E-state index is -0.000185. The molecule has 5 nitrogen and oxygen atoms in total. The number of aromatic nitrogens is 1. The second kappa shape index (κ2) is 8.53. The lowest BCUT2D eigenvalue weighted by atomic mass is 10.1. The highest BCUT2D eigenvalue weighted by Gasteiger charge is 2.19. The standard InChI is InChI=1S/C15H25N3O2/c1-5-17-14-6-7-16-10-13(14)15(19)18(8-9-20-4)11-12(2)3/h6-7,10,12H,5,8-9,11H2,1-4H3,(H,16,17). The highest BCUT2D eigenvalue weighted by atomic mass is 16.5. The van der Waals surface area contributed by atoms with E-state index >= 15 is 0 Å². The molecule has 1 aromatic rings. The van der Waals surface area contributed by atoms with Gasteiger partial charge in [-0.15, -0.1) is 0 Å². The van der Waals surface area contributed by atoms with Crippen LogP contribution in [0.25, 0.3) is 0 Å². The fourth-order valence-corrected chi connectivity index (χ4v) is 2.00. The first kappa shape index (κ1) is 16.4. The average molecular weight is 279 g/mol. The maximum Gasteiger partial charge on any atom is 0.257 e. The molecule has 0 unspecified atom stereocenters. The van der Waals surface area contributed by atoms with Gasteiger partial charge in [0, 0.05) is 39.1 Å². The van der Waals surface area contributed by atoms with Crippen molar-refractivity contribution in [3.05, 3.63) is 24.0 Å². The van der Waals surface area contributed by atoms with Gasteiger partial charge in [-0.05, 0) is 18.9 Å². The van der Waals surface area contributed by atoms with Gasteiger partial charge in [0.05, 0.1) is 17.9 Å². The summed E-state index contributed by atoms with van der Waals surface area (Å²) in [5, 5.41) is 3.20. The molecule has 5 heteroatoms. The molecular weight excluding hydrogens is 254 g/mol. The van der Waals surface area contributed by atoms with Crippen LogP contribution in [-0.2, 0) is 4.74 Å². The Morgan fingerprint density at radius 2 is 2.25 bits per heavy atom. The number of methoxy groups -OCH3 is 1. The Morgan fingerprint density at radius 1 is 1.50 bits per heavy atom. The highest BCUT2D eigenvalue weighted by molar-refractivity contribution is 5.99. The van der Waals surface area contributed by atoms with Crippen molar-refractivity contribution in [2.75, 3.05) is 38.7 Å². The Kier molecular flexibility index (Phi) is 7.01. The van der Waals surface area contributed by atoms with Crippen molar-refractivity contribution in [3.63, 3.8) is 0 Å². The first-order valence-electron chi connectivity index (χ1n) is 7.06. The largest absolute Gasteiger partial charge is 0.385 e. The SMILES string of the molecule is CCNc1ccncc1C(=O)N(CCOC)CC(C)C. The summed E-state index contributed by atoms with van der Waals surface area (Å²) in [6, 6.07) is 1.83. The molecule has 0 saturated carbocycles. The number of nitrogens with one attached hydrogen (secondary N) is 1. The number of anilines is 1. The Balaban J connectivity index is 2.92. The van der Waals surface area contributed by atoms with E-state index in [0.717, 1.165) is 12.2 Å². The highest BCUT2D eigenvalue weighted by Crippen LogP contribution is 2.16. The lowest BCUT2D eigenvalue weighted by molar-refractivity contribution is 0.0673. The predicted octanol–water partition coefficient (Wildman–Crippen LogP) is 2.26. The zero-order valence-corrected chi connectivity index (χ0v) is 12.8. The van der Waals surface area contributed by atoms with Crippen molar-refractivity contribution in [1.29, 1.82) is 0 Å². The summed E-state index contributed by atoms with van der Waals surface area (Å²) in [5.41, 5.74) is 1.45. The van der Waals surface area contributed by atoms with Crippen molar-refractivity contribution in [3.8, 4) is 0 Å². The molecule has 1 amide bonds. The maximum atomic E-state index is 12.7. The van der Waals surface area contributed by atoms with Crippen LogP contribution in [0.15, 0.2) is 18.5 Å². The second-order valence-electron chi connectivity index (χ2n) is 5.09. The van der Waals surface area contributed by atoms with Crippen molar-refractivity contribution < 1.29 is 9.53 Å². The van der Waals surface area contributed by atoms with E-state index in [0.29, 0.717) is 31.2 Å². The third-order valence-corrected chi connectivity index (χ3v) is 2.86. The second-order valence-corrected chi connectivity index (χ2v) is 5.09. The zero-order chi connectivity index (χ0) is 15.0. The smallest absolute Gasteiger partial charge is 0.257 e. The van der Waals surface area contributed by atoms with Crippen LogP contribution in [-0.4, -0.2) is 49.1 Å². The average Bonchev–Trinajstić information content (AvgIpc) is 2.43. The molecule has 1 rings (SSSR count). The van der Waals surface area contributed by atoms with Gasteiger partial charge >= 0.3 is 0 Å². The van der Waals surface area contributed by atoms with E-state index in [2.05, 4.69) is 24.1 Å². The van der Waals surface area contributed by atoms with Crippen molar-refractivity contribution in [2.45, 2.75) is 20.8 Å². The van der Waals surface area contributed by atoms with Gasteiger partial charge < -0.3 is 15.0 Å². The molecule has 0 radical (unpaired) electrons. The summed E-state index contributed by atoms with van der Waals surface area (Å²) in [7, 11) is 1.65. The lowest BCUT2D eigenvalue weighted by Crippen LogP contribution is -2.37. The minimum Gasteiger partial charge on any atom is -0.385 e. The Labute approximate surface area is 121 Å². The molecule has 1 aromatic heterocycles. The minimum absolute atomic E-state index is 0.000185. The number of carbonyl (C=O) groups excluding carboxylic acids is 1. The lowest BCUT2D eigenvalue weighted by Gasteiger charge is -2.25. The Morgan fingerprint density at radius 3 is 2.85 bits per heavy atom. The number of nitrogens with zero attached hydrogens (tertiary/aromatic N) is 2. The monoisotopic (exact) mass is 279 g/mol. The molecule has 20 heavy (non-hydrogen) atoms. The number of hydrogen-bond acceptors (Lipinski definition) is 4. The van der Waals surface area contributed by atoms with Crippen LogP contribution in [0.1, 0.15) is 31.1 Å². The van der Waals surface area contributed by atoms with Gasteiger partial charge in [-0.2, -0.15) is 0 Å². The van der Waals surface area contributed by atoms with E-state index in [-0.39, 0.29) is 5.91 Å². The molecule has 0 atom stereocenters. The molecule has 112 valence electrons. The van der Waals surface area contributed by atoms with Crippen LogP contribution < -0.4 is 5.32 Å². The van der Waals surface area contributed by atoms with Crippen molar-refractivity contribution >= 4 is 11.6 Å². The molecule has 0 aliphatic carbocycles. The molecule has 1 N–H and O–H groups in total. The van der Waals surface area contributed by atoms with E-state index in [1.165, 1.54) is 0 Å². The Bertz CT molecular complexity index is 421. The fraction of sp³-hybridized carbons (Fsp3) is 0.600. The molecule has 0 fully saturated rings. The number of carbonyl (C=O) groups is 1. The summed E-state index contributed by atoms with van der Waals surface area (Å²) in [5.74, 6) is 0.412. The molecule has 0 spiro atoms. The van der Waals surface area contributed by atoms with Crippen LogP contribution in [0.4, 0.5) is 5.69 Å². The topological polar surface area (TPSA) is 54.5 Å². The van der Waals surface area contributed by atoms with Gasteiger partial charge in [0.25, 0.3) is 5.91 Å². The van der Waals surface area contributed by atoms with E-state index < -0.39 is 0 Å². The number of ether oxygens (including phenoxy) is 1. The quantitative estimate of drug-likeness (QED) is 0.793. The maximum absolute atomic E-state index is 12.7. The van der Waals surface area contributed by atoms with Gasteiger partial charge in [0.2, 0.25) is 0 Å². The third-order valence-electron chi connectivity index (χ3n) is 2.86. The summed E-state index contributed by atoms with van der Waals surface area (Å²) in [6.07, 6.45) is 3.32. The van der Waals surface area contributed by atoms with Crippen LogP contribution in [0.3, 0.4) is 0 Å². The summed E-state index contributed by atoms with van der Waals surface area (Å²) in [6.45, 7) is 8.81. The molecule has 0 aliphatic rings. The Hall–Kier alpha value is -1.62. The van der Waals surface area contributed by atoms with E-state index in [1.54, 1.807) is 19.5 Å². The predicted molar refractivity (Wildman–Crippen MR) is 81.0 cm³/mol. The van der Waals surface area contributed by atoms with Gasteiger partial charge in [-0.25, -0.2) is 0 Å². The van der Waals surface area contributed by atoms with Gasteiger partial charge in [0.1, 0.15) is 0 Å². The molecule has 0 aliphatic heterocycles. The number of hydrogen-bond donors (Lipinski definition) is 1. The van der Waals surface area contributed by atoms with Crippen LogP contribution in [0, 0.1) is 5.92 Å². The van der Waals surface area contributed by atoms with Gasteiger partial charge in [-0.3, -0.25) is 9.78 Å². The molecule has 0 saturated heterocycles. The molecule has 0 bridgehead atoms. The van der Waals surface area contributed by atoms with Crippen LogP contribution in [0.2, 0.25) is 0 Å². The fourth-order valence-electron chi connectivity index (χ4n) is 2.00. The summed E-state index contributed by atoms with van der Waals surface area (Å²) >= 11 is 0. The molecular formula is C15H25N3O2. The van der Waals surface area contributed by atoms with E-state index in [4.69, 9.17) is 4.74 Å². The van der Waals surface area contributed by atoms with Crippen molar-refractivity contribution in [1.82, 2.24) is 9.88 Å². The summed E-state index contributed by atoms with van der Waals surface area (Å²) in [4.78, 5) is 18.6. The first-order valence-corrected chi connectivity index (χ1v) is 7.06. The van der Waals surface area contributed by atoms with Crippen molar-refractivity contribution in [2.24, 2.45) is 5.92 Å². The third kappa shape index (κ3) is 4.81. The summed E-state index contributed by atoms with van der Waals surface area (Å²) < 4.78 is 5.09. The van der Waals surface area contributed by atoms with Crippen LogP contribution in [0.5, 0.6) is 0 Å². The van der Waals surface area contributed by atoms with E-state index in [9.17, 15) is 4.79 Å². The zero-order valence-electron chi connectivity index (χ0n) is 12.8. The molecule has 1 heterocycles.